The maximum absolute atomic E-state index is 13.2. The molecule has 134 valence electrons. The van der Waals surface area contributed by atoms with Crippen LogP contribution in [-0.2, 0) is 6.54 Å². The van der Waals surface area contributed by atoms with E-state index in [2.05, 4.69) is 6.92 Å². The number of hydrogen-bond donors (Lipinski definition) is 0. The summed E-state index contributed by atoms with van der Waals surface area (Å²) >= 11 is 0. The Hall–Kier alpha value is -2.81. The molecule has 0 bridgehead atoms. The van der Waals surface area contributed by atoms with Crippen molar-refractivity contribution in [2.45, 2.75) is 33.2 Å². The van der Waals surface area contributed by atoms with E-state index >= 15 is 0 Å². The van der Waals surface area contributed by atoms with Crippen LogP contribution in [0.4, 0.5) is 0 Å². The highest BCUT2D eigenvalue weighted by molar-refractivity contribution is 5.69. The second-order valence-corrected chi connectivity index (χ2v) is 6.54. The van der Waals surface area contributed by atoms with E-state index in [1.54, 1.807) is 4.57 Å². The van der Waals surface area contributed by atoms with Gasteiger partial charge in [0.15, 0.2) is 0 Å². The molecule has 0 saturated carbocycles. The quantitative estimate of drug-likeness (QED) is 0.560. The highest BCUT2D eigenvalue weighted by Gasteiger charge is 2.14. The third kappa shape index (κ3) is 4.23. The molecule has 0 aliphatic rings. The number of hydrogen-bond acceptors (Lipinski definition) is 2. The average molecular weight is 347 g/mol. The third-order valence-electron chi connectivity index (χ3n) is 4.42. The molecule has 26 heavy (non-hydrogen) atoms. The molecule has 0 unspecified atom stereocenters. The first kappa shape index (κ1) is 18.0. The Morgan fingerprint density at radius 2 is 1.69 bits per heavy atom. The van der Waals surface area contributed by atoms with Gasteiger partial charge in [-0.15, -0.1) is 0 Å². The number of ether oxygens (including phenoxy) is 1. The van der Waals surface area contributed by atoms with Crippen LogP contribution in [0.1, 0.15) is 30.9 Å². The van der Waals surface area contributed by atoms with Gasteiger partial charge in [0.2, 0.25) is 0 Å². The number of aromatic nitrogens is 1. The zero-order chi connectivity index (χ0) is 18.4. The van der Waals surface area contributed by atoms with Gasteiger partial charge in [0, 0.05) is 6.20 Å². The molecule has 0 aliphatic carbocycles. The summed E-state index contributed by atoms with van der Waals surface area (Å²) in [5, 5.41) is 0. The lowest BCUT2D eigenvalue weighted by Crippen LogP contribution is -2.22. The molecule has 0 amide bonds. The van der Waals surface area contributed by atoms with Crippen molar-refractivity contribution in [3.63, 3.8) is 0 Å². The Labute approximate surface area is 154 Å². The Morgan fingerprint density at radius 1 is 0.962 bits per heavy atom. The molecule has 0 aliphatic heterocycles. The van der Waals surface area contributed by atoms with Crippen molar-refractivity contribution in [2.24, 2.45) is 0 Å². The average Bonchev–Trinajstić information content (AvgIpc) is 2.66. The number of benzene rings is 2. The smallest absolute Gasteiger partial charge is 0.262 e. The zero-order valence-electron chi connectivity index (χ0n) is 15.4. The minimum atomic E-state index is -0.0216. The summed E-state index contributed by atoms with van der Waals surface area (Å²) in [6.45, 7) is 5.34. The van der Waals surface area contributed by atoms with E-state index in [1.165, 1.54) is 5.56 Å². The van der Waals surface area contributed by atoms with E-state index in [4.69, 9.17) is 4.74 Å². The van der Waals surface area contributed by atoms with Gasteiger partial charge >= 0.3 is 0 Å². The fourth-order valence-corrected chi connectivity index (χ4v) is 2.90. The monoisotopic (exact) mass is 347 g/mol. The van der Waals surface area contributed by atoms with E-state index in [0.717, 1.165) is 24.0 Å². The standard InChI is InChI=1S/C23H25NO2/c1-3-4-16-26-21-14-15-24(17-19-8-6-5-7-9-19)23(25)22(21)20-12-10-18(2)11-13-20/h5-15H,3-4,16-17H2,1-2H3. The van der Waals surface area contributed by atoms with E-state index in [-0.39, 0.29) is 5.56 Å². The van der Waals surface area contributed by atoms with Crippen molar-refractivity contribution in [3.05, 3.63) is 88.3 Å². The molecular weight excluding hydrogens is 322 g/mol. The van der Waals surface area contributed by atoms with Crippen LogP contribution in [0.5, 0.6) is 5.75 Å². The van der Waals surface area contributed by atoms with Crippen LogP contribution in [0, 0.1) is 6.92 Å². The SMILES string of the molecule is CCCCOc1ccn(Cc2ccccc2)c(=O)c1-c1ccc(C)cc1. The van der Waals surface area contributed by atoms with Gasteiger partial charge in [0.1, 0.15) is 5.75 Å². The highest BCUT2D eigenvalue weighted by Crippen LogP contribution is 2.27. The molecule has 0 saturated heterocycles. The number of aryl methyl sites for hydroxylation is 1. The van der Waals surface area contributed by atoms with Crippen LogP contribution >= 0.6 is 0 Å². The first-order valence-corrected chi connectivity index (χ1v) is 9.16. The van der Waals surface area contributed by atoms with Crippen molar-refractivity contribution in [1.29, 1.82) is 0 Å². The van der Waals surface area contributed by atoms with Gasteiger partial charge in [0.05, 0.1) is 18.7 Å². The van der Waals surface area contributed by atoms with Crippen molar-refractivity contribution in [3.8, 4) is 16.9 Å². The highest BCUT2D eigenvalue weighted by atomic mass is 16.5. The summed E-state index contributed by atoms with van der Waals surface area (Å²) in [5.41, 5.74) is 3.78. The van der Waals surface area contributed by atoms with Gasteiger partial charge in [-0.3, -0.25) is 4.79 Å². The lowest BCUT2D eigenvalue weighted by atomic mass is 10.0. The molecule has 0 spiro atoms. The predicted octanol–water partition coefficient (Wildman–Crippen LogP) is 5.05. The largest absolute Gasteiger partial charge is 0.493 e. The molecule has 1 aromatic heterocycles. The first-order chi connectivity index (χ1) is 12.7. The summed E-state index contributed by atoms with van der Waals surface area (Å²) < 4.78 is 7.68. The van der Waals surface area contributed by atoms with Crippen LogP contribution in [0.3, 0.4) is 0 Å². The molecule has 2 aromatic carbocycles. The topological polar surface area (TPSA) is 31.2 Å². The van der Waals surface area contributed by atoms with Crippen LogP contribution < -0.4 is 10.3 Å². The normalized spacial score (nSPS) is 10.7. The molecule has 0 atom stereocenters. The summed E-state index contributed by atoms with van der Waals surface area (Å²) in [6, 6.07) is 20.0. The molecular formula is C23H25NO2. The summed E-state index contributed by atoms with van der Waals surface area (Å²) in [5.74, 6) is 0.664. The first-order valence-electron chi connectivity index (χ1n) is 9.16. The maximum atomic E-state index is 13.2. The van der Waals surface area contributed by atoms with Gasteiger partial charge in [0.25, 0.3) is 5.56 Å². The second-order valence-electron chi connectivity index (χ2n) is 6.54. The lowest BCUT2D eigenvalue weighted by molar-refractivity contribution is 0.309. The molecule has 3 heteroatoms. The van der Waals surface area contributed by atoms with Crippen molar-refractivity contribution in [2.75, 3.05) is 6.61 Å². The minimum Gasteiger partial charge on any atom is -0.493 e. The van der Waals surface area contributed by atoms with E-state index in [9.17, 15) is 4.79 Å². The Morgan fingerprint density at radius 3 is 2.38 bits per heavy atom. The predicted molar refractivity (Wildman–Crippen MR) is 107 cm³/mol. The summed E-state index contributed by atoms with van der Waals surface area (Å²) in [4.78, 5) is 13.2. The molecule has 1 heterocycles. The molecule has 3 aromatic rings. The Bertz CT molecular complexity index is 896. The van der Waals surface area contributed by atoms with Gasteiger partial charge in [-0.05, 0) is 30.5 Å². The Balaban J connectivity index is 2.02. The molecule has 3 rings (SSSR count). The third-order valence-corrected chi connectivity index (χ3v) is 4.42. The fourth-order valence-electron chi connectivity index (χ4n) is 2.90. The molecule has 0 N–H and O–H groups in total. The van der Waals surface area contributed by atoms with Crippen molar-refractivity contribution in [1.82, 2.24) is 4.57 Å². The van der Waals surface area contributed by atoms with Gasteiger partial charge in [-0.25, -0.2) is 0 Å². The van der Waals surface area contributed by atoms with Gasteiger partial charge in [-0.2, -0.15) is 0 Å². The molecule has 0 fully saturated rings. The number of rotatable bonds is 7. The van der Waals surface area contributed by atoms with Crippen LogP contribution in [-0.4, -0.2) is 11.2 Å². The molecule has 0 radical (unpaired) electrons. The number of unbranched alkanes of at least 4 members (excludes halogenated alkanes) is 1. The zero-order valence-corrected chi connectivity index (χ0v) is 15.4. The number of nitrogens with zero attached hydrogens (tertiary/aromatic N) is 1. The maximum Gasteiger partial charge on any atom is 0.262 e. The van der Waals surface area contributed by atoms with Gasteiger partial charge in [-0.1, -0.05) is 73.5 Å². The summed E-state index contributed by atoms with van der Waals surface area (Å²) in [6.07, 6.45) is 3.86. The van der Waals surface area contributed by atoms with E-state index in [0.29, 0.717) is 24.5 Å². The fraction of sp³-hybridized carbons (Fsp3) is 0.261. The lowest BCUT2D eigenvalue weighted by Gasteiger charge is -2.14. The summed E-state index contributed by atoms with van der Waals surface area (Å²) in [7, 11) is 0. The number of pyridine rings is 1. The van der Waals surface area contributed by atoms with E-state index in [1.807, 2.05) is 73.8 Å². The second kappa shape index (κ2) is 8.52. The van der Waals surface area contributed by atoms with Gasteiger partial charge < -0.3 is 9.30 Å². The van der Waals surface area contributed by atoms with Crippen LogP contribution in [0.15, 0.2) is 71.7 Å². The minimum absolute atomic E-state index is 0.0216. The van der Waals surface area contributed by atoms with Crippen molar-refractivity contribution < 1.29 is 4.74 Å². The van der Waals surface area contributed by atoms with Crippen molar-refractivity contribution >= 4 is 0 Å². The van der Waals surface area contributed by atoms with Crippen LogP contribution in [0.2, 0.25) is 0 Å². The van der Waals surface area contributed by atoms with E-state index < -0.39 is 0 Å². The molecule has 3 nitrogen and oxygen atoms in total. The Kier molecular flexibility index (Phi) is 5.90. The van der Waals surface area contributed by atoms with Crippen LogP contribution in [0.25, 0.3) is 11.1 Å².